The van der Waals surface area contributed by atoms with E-state index >= 15 is 0 Å². The van der Waals surface area contributed by atoms with Crippen LogP contribution in [0.5, 0.6) is 0 Å². The van der Waals surface area contributed by atoms with E-state index in [1.165, 1.54) is 11.3 Å². The maximum atomic E-state index is 6.31. The predicted octanol–water partition coefficient (Wildman–Crippen LogP) is 6.19. The van der Waals surface area contributed by atoms with E-state index in [2.05, 4.69) is 75.0 Å². The highest BCUT2D eigenvalue weighted by molar-refractivity contribution is 9.10. The van der Waals surface area contributed by atoms with Crippen molar-refractivity contribution in [1.29, 1.82) is 0 Å². The summed E-state index contributed by atoms with van der Waals surface area (Å²) in [4.78, 5) is 2.25. The van der Waals surface area contributed by atoms with Crippen LogP contribution in [-0.2, 0) is 5.33 Å². The van der Waals surface area contributed by atoms with Crippen molar-refractivity contribution in [2.75, 3.05) is 11.9 Å². The third-order valence-corrected chi connectivity index (χ3v) is 4.94. The van der Waals surface area contributed by atoms with Gasteiger partial charge in [-0.15, -0.1) is 0 Å². The zero-order valence-corrected chi connectivity index (χ0v) is 15.3. The van der Waals surface area contributed by atoms with Crippen molar-refractivity contribution < 1.29 is 0 Å². The summed E-state index contributed by atoms with van der Waals surface area (Å²) in [6.07, 6.45) is 0. The largest absolute Gasteiger partial charge is 0.368 e. The molecule has 0 heterocycles. The molecule has 0 aliphatic heterocycles. The highest BCUT2D eigenvalue weighted by atomic mass is 79.9. The van der Waals surface area contributed by atoms with Gasteiger partial charge in [-0.1, -0.05) is 61.7 Å². The summed E-state index contributed by atoms with van der Waals surface area (Å²) in [6, 6.07) is 14.6. The number of alkyl halides is 1. The Morgan fingerprint density at radius 3 is 2.55 bits per heavy atom. The molecule has 0 bridgehead atoms. The van der Waals surface area contributed by atoms with Gasteiger partial charge in [-0.25, -0.2) is 0 Å². The second-order valence-electron chi connectivity index (χ2n) is 4.72. The Hall–Kier alpha value is -0.510. The van der Waals surface area contributed by atoms with E-state index in [9.17, 15) is 0 Å². The lowest BCUT2D eigenvalue weighted by Crippen LogP contribution is -2.23. The molecular weight excluding hydrogens is 401 g/mol. The van der Waals surface area contributed by atoms with Crippen molar-refractivity contribution in [1.82, 2.24) is 0 Å². The summed E-state index contributed by atoms with van der Waals surface area (Å²) < 4.78 is 1.09. The minimum Gasteiger partial charge on any atom is -0.368 e. The third kappa shape index (κ3) is 3.38. The molecular formula is C16H16Br2ClN. The minimum absolute atomic E-state index is 0.211. The highest BCUT2D eigenvalue weighted by Gasteiger charge is 2.17. The zero-order chi connectivity index (χ0) is 14.7. The lowest BCUT2D eigenvalue weighted by Gasteiger charge is -2.30. The van der Waals surface area contributed by atoms with Crippen LogP contribution in [0.2, 0.25) is 5.02 Å². The maximum absolute atomic E-state index is 6.31. The number of anilines is 1. The van der Waals surface area contributed by atoms with Crippen LogP contribution >= 0.6 is 43.5 Å². The Kier molecular flexibility index (Phi) is 5.53. The van der Waals surface area contributed by atoms with Crippen molar-refractivity contribution in [3.05, 3.63) is 63.1 Å². The summed E-state index contributed by atoms with van der Waals surface area (Å²) in [5.74, 6) is 0. The van der Waals surface area contributed by atoms with Gasteiger partial charge in [-0.3, -0.25) is 0 Å². The van der Waals surface area contributed by atoms with Crippen LogP contribution in [0.4, 0.5) is 5.69 Å². The molecule has 0 spiro atoms. The Labute approximate surface area is 142 Å². The van der Waals surface area contributed by atoms with Gasteiger partial charge in [0.25, 0.3) is 0 Å². The maximum Gasteiger partial charge on any atom is 0.0525 e. The van der Waals surface area contributed by atoms with Crippen LogP contribution in [0, 0.1) is 0 Å². The SMILES string of the molecule is CC(c1ccccc1Cl)N(C)c1ccc(Br)cc1CBr. The molecule has 0 aliphatic rings. The molecule has 0 amide bonds. The Morgan fingerprint density at radius 2 is 1.90 bits per heavy atom. The minimum atomic E-state index is 0.211. The van der Waals surface area contributed by atoms with Gasteiger partial charge in [0, 0.05) is 27.6 Å². The fraction of sp³-hybridized carbons (Fsp3) is 0.250. The molecule has 4 heteroatoms. The second kappa shape index (κ2) is 6.97. The monoisotopic (exact) mass is 415 g/mol. The summed E-state index contributed by atoms with van der Waals surface area (Å²) in [7, 11) is 2.10. The average molecular weight is 418 g/mol. The molecule has 0 aromatic heterocycles. The van der Waals surface area contributed by atoms with E-state index in [-0.39, 0.29) is 6.04 Å². The van der Waals surface area contributed by atoms with Gasteiger partial charge in [0.2, 0.25) is 0 Å². The van der Waals surface area contributed by atoms with Crippen LogP contribution in [0.3, 0.4) is 0 Å². The summed E-state index contributed by atoms with van der Waals surface area (Å²) in [6.45, 7) is 2.17. The second-order valence-corrected chi connectivity index (χ2v) is 6.60. The number of benzene rings is 2. The molecule has 20 heavy (non-hydrogen) atoms. The third-order valence-electron chi connectivity index (χ3n) is 3.50. The topological polar surface area (TPSA) is 3.24 Å². The molecule has 0 fully saturated rings. The molecule has 2 aromatic carbocycles. The lowest BCUT2D eigenvalue weighted by atomic mass is 10.1. The molecule has 0 N–H and O–H groups in total. The van der Waals surface area contributed by atoms with E-state index in [0.717, 1.165) is 20.4 Å². The molecule has 106 valence electrons. The van der Waals surface area contributed by atoms with Gasteiger partial charge in [-0.05, 0) is 42.3 Å². The lowest BCUT2D eigenvalue weighted by molar-refractivity contribution is 0.737. The van der Waals surface area contributed by atoms with Gasteiger partial charge >= 0.3 is 0 Å². The van der Waals surface area contributed by atoms with Gasteiger partial charge in [-0.2, -0.15) is 0 Å². The quantitative estimate of drug-likeness (QED) is 0.536. The highest BCUT2D eigenvalue weighted by Crippen LogP contribution is 2.33. The van der Waals surface area contributed by atoms with E-state index in [0.29, 0.717) is 0 Å². The number of halogens is 3. The molecule has 1 unspecified atom stereocenters. The van der Waals surface area contributed by atoms with Crippen LogP contribution in [0.15, 0.2) is 46.9 Å². The number of hydrogen-bond acceptors (Lipinski definition) is 1. The predicted molar refractivity (Wildman–Crippen MR) is 95.0 cm³/mol. The normalized spacial score (nSPS) is 12.2. The molecule has 1 atom stereocenters. The number of nitrogens with zero attached hydrogens (tertiary/aromatic N) is 1. The van der Waals surface area contributed by atoms with Crippen LogP contribution in [0.25, 0.3) is 0 Å². The van der Waals surface area contributed by atoms with Crippen molar-refractivity contribution in [2.24, 2.45) is 0 Å². The fourth-order valence-electron chi connectivity index (χ4n) is 2.24. The van der Waals surface area contributed by atoms with Crippen molar-refractivity contribution in [2.45, 2.75) is 18.3 Å². The van der Waals surface area contributed by atoms with Crippen molar-refractivity contribution >= 4 is 49.1 Å². The molecule has 0 saturated heterocycles. The van der Waals surface area contributed by atoms with Crippen molar-refractivity contribution in [3.63, 3.8) is 0 Å². The molecule has 0 aliphatic carbocycles. The molecule has 1 nitrogen and oxygen atoms in total. The average Bonchev–Trinajstić information content (AvgIpc) is 2.46. The van der Waals surface area contributed by atoms with E-state index in [1.807, 2.05) is 18.2 Å². The van der Waals surface area contributed by atoms with E-state index in [4.69, 9.17) is 11.6 Å². The summed E-state index contributed by atoms with van der Waals surface area (Å²) in [5.41, 5.74) is 3.60. The van der Waals surface area contributed by atoms with Gasteiger partial charge in [0.1, 0.15) is 0 Å². The van der Waals surface area contributed by atoms with E-state index in [1.54, 1.807) is 0 Å². The zero-order valence-electron chi connectivity index (χ0n) is 11.4. The first-order valence-corrected chi connectivity index (χ1v) is 8.65. The number of rotatable bonds is 4. The number of hydrogen-bond donors (Lipinski definition) is 0. The van der Waals surface area contributed by atoms with Crippen LogP contribution < -0.4 is 4.90 Å². The van der Waals surface area contributed by atoms with Gasteiger partial charge in [0.05, 0.1) is 6.04 Å². The molecule has 2 rings (SSSR count). The first kappa shape index (κ1) is 15.9. The molecule has 0 radical (unpaired) electrons. The Bertz CT molecular complexity index is 601. The summed E-state index contributed by atoms with van der Waals surface area (Å²) in [5, 5.41) is 1.63. The van der Waals surface area contributed by atoms with Gasteiger partial charge < -0.3 is 4.90 Å². The first-order chi connectivity index (χ1) is 9.54. The standard InChI is InChI=1S/C16H16Br2ClN/c1-11(14-5-3-4-6-15(14)19)20(2)16-8-7-13(18)9-12(16)10-17/h3-9,11H,10H2,1-2H3. The molecule has 0 saturated carbocycles. The smallest absolute Gasteiger partial charge is 0.0525 e. The van der Waals surface area contributed by atoms with Gasteiger partial charge in [0.15, 0.2) is 0 Å². The van der Waals surface area contributed by atoms with Crippen LogP contribution in [0.1, 0.15) is 24.1 Å². The fourth-order valence-corrected chi connectivity index (χ4v) is 3.39. The van der Waals surface area contributed by atoms with E-state index < -0.39 is 0 Å². The summed E-state index contributed by atoms with van der Waals surface area (Å²) >= 11 is 13.4. The Balaban J connectivity index is 2.36. The Morgan fingerprint density at radius 1 is 1.20 bits per heavy atom. The molecule has 2 aromatic rings. The first-order valence-electron chi connectivity index (χ1n) is 6.36. The van der Waals surface area contributed by atoms with Crippen LogP contribution in [-0.4, -0.2) is 7.05 Å². The van der Waals surface area contributed by atoms with Crippen molar-refractivity contribution in [3.8, 4) is 0 Å².